The summed E-state index contributed by atoms with van der Waals surface area (Å²) in [7, 11) is 1.53. The topological polar surface area (TPSA) is 84.9 Å². The Morgan fingerprint density at radius 2 is 1.67 bits per heavy atom. The van der Waals surface area contributed by atoms with Gasteiger partial charge in [-0.3, -0.25) is 0 Å². The number of methoxy groups -OCH3 is 1. The zero-order chi connectivity index (χ0) is 21.7. The van der Waals surface area contributed by atoms with Crippen LogP contribution in [-0.2, 0) is 14.3 Å². The Balaban J connectivity index is 1.73. The lowest BCUT2D eigenvalue weighted by molar-refractivity contribution is -0.144. The van der Waals surface area contributed by atoms with Gasteiger partial charge in [-0.15, -0.1) is 0 Å². The maximum absolute atomic E-state index is 12.6. The summed E-state index contributed by atoms with van der Waals surface area (Å²) in [6, 6.07) is 15.0. The summed E-state index contributed by atoms with van der Waals surface area (Å²) in [6.45, 7) is 4.14. The van der Waals surface area contributed by atoms with Crippen LogP contribution in [0, 0.1) is 5.41 Å². The van der Waals surface area contributed by atoms with E-state index in [-0.39, 0.29) is 19.1 Å². The maximum Gasteiger partial charge on any atom is 0.407 e. The van der Waals surface area contributed by atoms with E-state index in [0.717, 1.165) is 28.7 Å². The predicted octanol–water partition coefficient (Wildman–Crippen LogP) is 4.43. The average Bonchev–Trinajstić information content (AvgIpc) is 3.04. The average molecular weight is 411 g/mol. The van der Waals surface area contributed by atoms with Gasteiger partial charge in [-0.25, -0.2) is 9.59 Å². The van der Waals surface area contributed by atoms with E-state index in [9.17, 15) is 14.7 Å². The molecule has 160 valence electrons. The van der Waals surface area contributed by atoms with E-state index in [1.165, 1.54) is 7.11 Å². The van der Waals surface area contributed by atoms with Crippen molar-refractivity contribution in [2.45, 2.75) is 38.6 Å². The fourth-order valence-electron chi connectivity index (χ4n) is 4.49. The number of carbonyl (C=O) groups excluding carboxylic acids is 1. The first kappa shape index (κ1) is 21.8. The number of aliphatic carboxylic acids is 1. The van der Waals surface area contributed by atoms with E-state index in [0.29, 0.717) is 6.42 Å². The highest BCUT2D eigenvalue weighted by Gasteiger charge is 2.40. The van der Waals surface area contributed by atoms with Crippen molar-refractivity contribution >= 4 is 12.1 Å². The summed E-state index contributed by atoms with van der Waals surface area (Å²) in [5, 5.41) is 12.3. The highest BCUT2D eigenvalue weighted by Crippen LogP contribution is 2.44. The van der Waals surface area contributed by atoms with Crippen LogP contribution in [0.3, 0.4) is 0 Å². The summed E-state index contributed by atoms with van der Waals surface area (Å²) in [5.74, 6) is -1.18. The van der Waals surface area contributed by atoms with Crippen LogP contribution in [0.25, 0.3) is 11.1 Å². The Bertz CT molecular complexity index is 858. The first-order valence-corrected chi connectivity index (χ1v) is 10.2. The van der Waals surface area contributed by atoms with Gasteiger partial charge in [0.25, 0.3) is 0 Å². The number of carbonyl (C=O) groups is 2. The number of hydrogen-bond acceptors (Lipinski definition) is 4. The standard InChI is InChI=1S/C24H29NO5/c1-4-13-24(2,15-29-3)21(22(26)27)25-23(28)30-14-20-18-11-7-5-9-16(18)17-10-6-8-12-19(17)20/h5-12,20-21H,4,13-15H2,1-3H3,(H,25,28)(H,26,27)/t21-,24-/m1/s1. The molecule has 6 heteroatoms. The van der Waals surface area contributed by atoms with E-state index in [1.807, 2.05) is 50.2 Å². The summed E-state index contributed by atoms with van der Waals surface area (Å²) >= 11 is 0. The fraction of sp³-hybridized carbons (Fsp3) is 0.417. The minimum Gasteiger partial charge on any atom is -0.480 e. The largest absolute Gasteiger partial charge is 0.480 e. The zero-order valence-electron chi connectivity index (χ0n) is 17.7. The fourth-order valence-corrected chi connectivity index (χ4v) is 4.49. The minimum atomic E-state index is -1.10. The van der Waals surface area contributed by atoms with Gasteiger partial charge in [0.1, 0.15) is 12.6 Å². The normalized spacial score (nSPS) is 15.6. The van der Waals surface area contributed by atoms with Gasteiger partial charge in [0.2, 0.25) is 0 Å². The molecule has 1 aliphatic rings. The molecule has 2 N–H and O–H groups in total. The number of fused-ring (bicyclic) bond motifs is 3. The van der Waals surface area contributed by atoms with E-state index in [4.69, 9.17) is 9.47 Å². The van der Waals surface area contributed by atoms with Gasteiger partial charge in [-0.05, 0) is 28.7 Å². The molecule has 0 saturated heterocycles. The van der Waals surface area contributed by atoms with Gasteiger partial charge in [-0.1, -0.05) is 68.8 Å². The molecule has 1 aliphatic carbocycles. The van der Waals surface area contributed by atoms with Gasteiger partial charge in [0.15, 0.2) is 0 Å². The Morgan fingerprint density at radius 3 is 2.17 bits per heavy atom. The first-order chi connectivity index (χ1) is 14.4. The van der Waals surface area contributed by atoms with E-state index < -0.39 is 23.5 Å². The molecule has 0 radical (unpaired) electrons. The Hall–Kier alpha value is -2.86. The van der Waals surface area contributed by atoms with Crippen molar-refractivity contribution in [1.29, 1.82) is 0 Å². The second-order valence-corrected chi connectivity index (χ2v) is 8.08. The van der Waals surface area contributed by atoms with E-state index in [1.54, 1.807) is 0 Å². The molecule has 30 heavy (non-hydrogen) atoms. The van der Waals surface area contributed by atoms with Gasteiger partial charge in [-0.2, -0.15) is 0 Å². The van der Waals surface area contributed by atoms with E-state index in [2.05, 4.69) is 17.4 Å². The van der Waals surface area contributed by atoms with Crippen molar-refractivity contribution in [3.05, 3.63) is 59.7 Å². The SMILES string of the molecule is CCC[C@](C)(COC)[C@H](NC(=O)OCC1c2ccccc2-c2ccccc21)C(=O)O. The smallest absolute Gasteiger partial charge is 0.407 e. The zero-order valence-corrected chi connectivity index (χ0v) is 17.7. The Kier molecular flexibility index (Phi) is 6.77. The molecule has 0 fully saturated rings. The second kappa shape index (κ2) is 9.30. The summed E-state index contributed by atoms with van der Waals surface area (Å²) in [6.07, 6.45) is 0.639. The molecule has 0 aliphatic heterocycles. The number of carboxylic acid groups (broad SMARTS) is 1. The molecule has 0 saturated carbocycles. The number of alkyl carbamates (subject to hydrolysis) is 1. The number of carboxylic acids is 1. The molecule has 0 aromatic heterocycles. The predicted molar refractivity (Wildman–Crippen MR) is 115 cm³/mol. The monoisotopic (exact) mass is 411 g/mol. The third-order valence-electron chi connectivity index (χ3n) is 5.84. The lowest BCUT2D eigenvalue weighted by Gasteiger charge is -2.34. The molecule has 1 amide bonds. The van der Waals surface area contributed by atoms with Crippen LogP contribution in [0.1, 0.15) is 43.7 Å². The van der Waals surface area contributed by atoms with Crippen molar-refractivity contribution in [3.63, 3.8) is 0 Å². The number of ether oxygens (including phenoxy) is 2. The molecule has 3 rings (SSSR count). The van der Waals surface area contributed by atoms with Crippen LogP contribution < -0.4 is 5.32 Å². The van der Waals surface area contributed by atoms with E-state index >= 15 is 0 Å². The van der Waals surface area contributed by atoms with Gasteiger partial charge < -0.3 is 19.9 Å². The van der Waals surface area contributed by atoms with Gasteiger partial charge in [0.05, 0.1) is 6.61 Å². The molecule has 0 bridgehead atoms. The molecule has 2 atom stereocenters. The minimum absolute atomic E-state index is 0.0765. The number of hydrogen-bond donors (Lipinski definition) is 2. The molecule has 2 aromatic rings. The number of nitrogens with one attached hydrogen (secondary N) is 1. The van der Waals surface area contributed by atoms with Crippen LogP contribution in [0.5, 0.6) is 0 Å². The molecule has 0 heterocycles. The lowest BCUT2D eigenvalue weighted by Crippen LogP contribution is -2.53. The van der Waals surface area contributed by atoms with Crippen molar-refractivity contribution in [3.8, 4) is 11.1 Å². The molecule has 2 aromatic carbocycles. The molecular formula is C24H29NO5. The van der Waals surface area contributed by atoms with Gasteiger partial charge >= 0.3 is 12.1 Å². The number of benzene rings is 2. The van der Waals surface area contributed by atoms with Gasteiger partial charge in [0, 0.05) is 18.4 Å². The Labute approximate surface area is 177 Å². The van der Waals surface area contributed by atoms with Crippen molar-refractivity contribution in [1.82, 2.24) is 5.32 Å². The van der Waals surface area contributed by atoms with Crippen LogP contribution in [0.2, 0.25) is 0 Å². The highest BCUT2D eigenvalue weighted by atomic mass is 16.5. The van der Waals surface area contributed by atoms with Crippen LogP contribution in [0.4, 0.5) is 4.79 Å². The summed E-state index contributed by atoms with van der Waals surface area (Å²) in [5.41, 5.74) is 3.76. The second-order valence-electron chi connectivity index (χ2n) is 8.08. The molecule has 0 unspecified atom stereocenters. The first-order valence-electron chi connectivity index (χ1n) is 10.2. The Morgan fingerprint density at radius 1 is 1.10 bits per heavy atom. The third kappa shape index (κ3) is 4.33. The van der Waals surface area contributed by atoms with Crippen LogP contribution in [-0.4, -0.2) is 43.5 Å². The van der Waals surface area contributed by atoms with Crippen LogP contribution in [0.15, 0.2) is 48.5 Å². The third-order valence-corrected chi connectivity index (χ3v) is 5.84. The molecular weight excluding hydrogens is 382 g/mol. The molecule has 0 spiro atoms. The summed E-state index contributed by atoms with van der Waals surface area (Å²) in [4.78, 5) is 24.4. The van der Waals surface area contributed by atoms with Crippen molar-refractivity contribution < 1.29 is 24.2 Å². The molecule has 6 nitrogen and oxygen atoms in total. The van der Waals surface area contributed by atoms with Crippen molar-refractivity contribution in [2.75, 3.05) is 20.3 Å². The van der Waals surface area contributed by atoms with Crippen molar-refractivity contribution in [2.24, 2.45) is 5.41 Å². The summed E-state index contributed by atoms with van der Waals surface area (Å²) < 4.78 is 10.8. The highest BCUT2D eigenvalue weighted by molar-refractivity contribution is 5.81. The maximum atomic E-state index is 12.6. The quantitative estimate of drug-likeness (QED) is 0.638. The van der Waals surface area contributed by atoms with Crippen LogP contribution >= 0.6 is 0 Å². The number of amides is 1. The lowest BCUT2D eigenvalue weighted by atomic mass is 9.79. The number of rotatable bonds is 9.